The molecular formula is C31H45N5O5S2. The van der Waals surface area contributed by atoms with Gasteiger partial charge in [-0.3, -0.25) is 0 Å². The zero-order chi connectivity index (χ0) is 32.4. The van der Waals surface area contributed by atoms with Crippen molar-refractivity contribution in [1.82, 2.24) is 20.3 Å². The Morgan fingerprint density at radius 1 is 1.07 bits per heavy atom. The van der Waals surface area contributed by atoms with Crippen molar-refractivity contribution in [3.63, 3.8) is 0 Å². The summed E-state index contributed by atoms with van der Waals surface area (Å²) in [7, 11) is -2.24. The molecule has 0 aromatic heterocycles. The van der Waals surface area contributed by atoms with E-state index >= 15 is 0 Å². The Labute approximate surface area is 261 Å². The average molecular weight is 632 g/mol. The fourth-order valence-corrected chi connectivity index (χ4v) is 6.11. The van der Waals surface area contributed by atoms with Crippen molar-refractivity contribution in [3.8, 4) is 0 Å². The molecule has 10 nitrogen and oxygen atoms in total. The zero-order valence-corrected chi connectivity index (χ0v) is 27.7. The normalized spacial score (nSPS) is 13.1. The number of benzene rings is 2. The number of nitrogens with zero attached hydrogens (tertiary/aromatic N) is 1. The highest BCUT2D eigenvalue weighted by Crippen LogP contribution is 2.30. The first kappa shape index (κ1) is 35.7. The highest BCUT2D eigenvalue weighted by atomic mass is 32.2. The van der Waals surface area contributed by atoms with Crippen LogP contribution >= 0.6 is 12.6 Å². The minimum Gasteiger partial charge on any atom is -0.444 e. The molecule has 0 radical (unpaired) electrons. The lowest BCUT2D eigenvalue weighted by atomic mass is 10.1. The maximum Gasteiger partial charge on any atom is 0.407 e. The molecule has 2 aromatic rings. The second-order valence-electron chi connectivity index (χ2n) is 12.2. The molecule has 43 heavy (non-hydrogen) atoms. The number of thiol groups is 1. The molecule has 0 saturated carbocycles. The summed E-state index contributed by atoms with van der Waals surface area (Å²) in [6.45, 7) is 15.0. The van der Waals surface area contributed by atoms with Gasteiger partial charge < -0.3 is 25.6 Å². The van der Waals surface area contributed by atoms with E-state index in [4.69, 9.17) is 4.74 Å². The molecular weight excluding hydrogens is 587 g/mol. The molecule has 2 aromatic carbocycles. The van der Waals surface area contributed by atoms with Crippen molar-refractivity contribution in [3.05, 3.63) is 78.5 Å². The smallest absolute Gasteiger partial charge is 0.407 e. The van der Waals surface area contributed by atoms with Crippen molar-refractivity contribution < 1.29 is 22.7 Å². The molecule has 1 unspecified atom stereocenters. The van der Waals surface area contributed by atoms with Crippen LogP contribution in [0, 0.1) is 0 Å². The number of anilines is 1. The number of ether oxygens (including phenoxy) is 1. The van der Waals surface area contributed by atoms with Gasteiger partial charge in [-0.2, -0.15) is 0 Å². The first-order valence-corrected chi connectivity index (χ1v) is 15.8. The summed E-state index contributed by atoms with van der Waals surface area (Å²) in [5.41, 5.74) is 0.165. The van der Waals surface area contributed by atoms with Crippen LogP contribution in [0.2, 0.25) is 0 Å². The van der Waals surface area contributed by atoms with Crippen LogP contribution in [-0.4, -0.2) is 56.2 Å². The van der Waals surface area contributed by atoms with E-state index in [0.29, 0.717) is 35.7 Å². The lowest BCUT2D eigenvalue weighted by molar-refractivity contribution is 0.0499. The first-order chi connectivity index (χ1) is 19.9. The van der Waals surface area contributed by atoms with Gasteiger partial charge in [-0.05, 0) is 65.7 Å². The molecule has 0 aliphatic rings. The van der Waals surface area contributed by atoms with Gasteiger partial charge in [0, 0.05) is 48.0 Å². The molecule has 2 rings (SSSR count). The summed E-state index contributed by atoms with van der Waals surface area (Å²) >= 11 is 4.65. The Morgan fingerprint density at radius 3 is 2.30 bits per heavy atom. The van der Waals surface area contributed by atoms with Crippen LogP contribution in [0.4, 0.5) is 15.3 Å². The summed E-state index contributed by atoms with van der Waals surface area (Å²) < 4.78 is 35.1. The number of nitrogens with one attached hydrogen (secondary N) is 4. The van der Waals surface area contributed by atoms with E-state index in [2.05, 4.69) is 39.9 Å². The largest absolute Gasteiger partial charge is 0.444 e. The van der Waals surface area contributed by atoms with E-state index < -0.39 is 33.3 Å². The van der Waals surface area contributed by atoms with E-state index in [1.807, 2.05) is 30.3 Å². The number of amides is 3. The highest BCUT2D eigenvalue weighted by molar-refractivity contribution is 7.91. The van der Waals surface area contributed by atoms with E-state index in [9.17, 15) is 18.0 Å². The minimum atomic E-state index is -4.02. The maximum absolute atomic E-state index is 13.5. The number of hydrogen-bond acceptors (Lipinski definition) is 7. The van der Waals surface area contributed by atoms with Crippen molar-refractivity contribution in [2.45, 2.75) is 76.6 Å². The van der Waals surface area contributed by atoms with Crippen LogP contribution < -0.4 is 20.7 Å². The number of carbonyl (C=O) groups excluding carboxylic acids is 2. The third kappa shape index (κ3) is 13.1. The van der Waals surface area contributed by atoms with Gasteiger partial charge in [0.25, 0.3) is 0 Å². The Morgan fingerprint density at radius 2 is 1.72 bits per heavy atom. The fourth-order valence-electron chi connectivity index (χ4n) is 3.98. The van der Waals surface area contributed by atoms with Crippen LogP contribution in [0.1, 0.15) is 59.1 Å². The van der Waals surface area contributed by atoms with Gasteiger partial charge >= 0.3 is 12.1 Å². The summed E-state index contributed by atoms with van der Waals surface area (Å²) in [4.78, 5) is 27.0. The van der Waals surface area contributed by atoms with Crippen molar-refractivity contribution >= 4 is 45.4 Å². The Kier molecular flexibility index (Phi) is 12.7. The third-order valence-electron chi connectivity index (χ3n) is 5.56. The lowest BCUT2D eigenvalue weighted by Gasteiger charge is -2.26. The molecule has 0 bridgehead atoms. The van der Waals surface area contributed by atoms with Gasteiger partial charge in [-0.15, -0.1) is 19.2 Å². The van der Waals surface area contributed by atoms with Crippen LogP contribution in [0.5, 0.6) is 0 Å². The van der Waals surface area contributed by atoms with Gasteiger partial charge in [0.05, 0.1) is 10.9 Å². The lowest BCUT2D eigenvalue weighted by Crippen LogP contribution is -2.43. The van der Waals surface area contributed by atoms with Gasteiger partial charge in [0.15, 0.2) is 0 Å². The molecule has 0 spiro atoms. The van der Waals surface area contributed by atoms with Crippen LogP contribution in [0.15, 0.2) is 72.3 Å². The van der Waals surface area contributed by atoms with Crippen molar-refractivity contribution in [1.29, 1.82) is 0 Å². The maximum atomic E-state index is 13.5. The van der Waals surface area contributed by atoms with E-state index in [1.54, 1.807) is 77.9 Å². The molecule has 236 valence electrons. The quantitative estimate of drug-likeness (QED) is 0.151. The summed E-state index contributed by atoms with van der Waals surface area (Å²) in [5, 5.41) is 8.32. The molecule has 0 fully saturated rings. The summed E-state index contributed by atoms with van der Waals surface area (Å²) in [6, 6.07) is 13.2. The third-order valence-corrected chi connectivity index (χ3v) is 7.72. The number of hydrogen-bond donors (Lipinski definition) is 5. The monoisotopic (exact) mass is 631 g/mol. The predicted molar refractivity (Wildman–Crippen MR) is 176 cm³/mol. The molecule has 0 heterocycles. The van der Waals surface area contributed by atoms with Crippen LogP contribution in [0.25, 0.3) is 4.91 Å². The van der Waals surface area contributed by atoms with E-state index in [0.717, 1.165) is 5.56 Å². The van der Waals surface area contributed by atoms with Gasteiger partial charge in [-0.1, -0.05) is 42.5 Å². The average Bonchev–Trinajstić information content (AvgIpc) is 2.85. The van der Waals surface area contributed by atoms with E-state index in [-0.39, 0.29) is 10.9 Å². The second-order valence-corrected chi connectivity index (χ2v) is 14.3. The van der Waals surface area contributed by atoms with E-state index in [1.165, 1.54) is 6.07 Å². The standard InChI is InChI=1S/C31H45N5O5S2/c1-9-13-24(34-29(38)41-31(5,6)7)20-36(8)21-26(42)25-17-16-23(18-27(25)43(39,40)35-30(2,3)4)33-28(37)32-19-22-14-11-10-12-15-22/h9-12,14-18,21,24,35,42H,1,13,19-20H2,2-8H3,(H,34,38)(H2,32,33,37)/b26-21-. The fraction of sp³-hybridized carbons (Fsp3) is 0.419. The minimum absolute atomic E-state index is 0.0487. The van der Waals surface area contributed by atoms with Gasteiger partial charge in [-0.25, -0.2) is 22.7 Å². The molecule has 1 atom stereocenters. The second kappa shape index (κ2) is 15.3. The molecule has 4 N–H and O–H groups in total. The number of likely N-dealkylation sites (N-methyl/N-ethyl adjacent to an activating group) is 1. The SMILES string of the molecule is C=CCC(CN(C)/C=C(\S)c1ccc(NC(=O)NCc2ccccc2)cc1S(=O)(=O)NC(C)(C)C)NC(=O)OC(C)(C)C. The van der Waals surface area contributed by atoms with Crippen LogP contribution in [-0.2, 0) is 21.3 Å². The predicted octanol–water partition coefficient (Wildman–Crippen LogP) is 5.71. The first-order valence-electron chi connectivity index (χ1n) is 13.9. The highest BCUT2D eigenvalue weighted by Gasteiger charge is 2.26. The number of alkyl carbamates (subject to hydrolysis) is 1. The number of sulfonamides is 1. The van der Waals surface area contributed by atoms with Crippen LogP contribution in [0.3, 0.4) is 0 Å². The molecule has 0 aliphatic carbocycles. The Balaban J connectivity index is 2.32. The molecule has 0 saturated heterocycles. The summed E-state index contributed by atoms with van der Waals surface area (Å²) in [5.74, 6) is 0. The van der Waals surface area contributed by atoms with Gasteiger partial charge in [0.1, 0.15) is 5.60 Å². The van der Waals surface area contributed by atoms with Crippen molar-refractivity contribution in [2.75, 3.05) is 18.9 Å². The molecule has 3 amide bonds. The van der Waals surface area contributed by atoms with Gasteiger partial charge in [0.2, 0.25) is 10.0 Å². The van der Waals surface area contributed by atoms with Crippen molar-refractivity contribution in [2.24, 2.45) is 0 Å². The molecule has 0 aliphatic heterocycles. The molecule has 12 heteroatoms. The summed E-state index contributed by atoms with van der Waals surface area (Å²) in [6.07, 6.45) is 3.33. The zero-order valence-electron chi connectivity index (χ0n) is 26.0. The Bertz CT molecular complexity index is 1400. The number of carbonyl (C=O) groups is 2. The number of urea groups is 1. The number of rotatable bonds is 12. The Hall–Kier alpha value is -3.48. The topological polar surface area (TPSA) is 129 Å².